The Kier molecular flexibility index (Phi) is 5.96. The summed E-state index contributed by atoms with van der Waals surface area (Å²) in [5.41, 5.74) is -0.152. The van der Waals surface area contributed by atoms with Crippen LogP contribution in [0.2, 0.25) is 0 Å². The Morgan fingerprint density at radius 3 is 2.52 bits per heavy atom. The minimum absolute atomic E-state index is 0.0220. The first-order valence-electron chi connectivity index (χ1n) is 9.48. The van der Waals surface area contributed by atoms with E-state index in [1.165, 1.54) is 43.0 Å². The first-order chi connectivity index (χ1) is 15.0. The van der Waals surface area contributed by atoms with Crippen LogP contribution >= 0.6 is 0 Å². The molecule has 0 bridgehead atoms. The maximum atomic E-state index is 14.5. The number of alkyl halides is 2. The molecule has 4 rings (SSSR count). The number of nitrogens with one attached hydrogen (secondary N) is 2. The number of aromatic nitrogens is 5. The lowest BCUT2D eigenvalue weighted by Gasteiger charge is -2.16. The predicted molar refractivity (Wildman–Crippen MR) is 105 cm³/mol. The maximum Gasteiger partial charge on any atom is 0.387 e. The van der Waals surface area contributed by atoms with E-state index in [4.69, 9.17) is 0 Å². The van der Waals surface area contributed by atoms with Gasteiger partial charge in [0.15, 0.2) is 17.4 Å². The first kappa shape index (κ1) is 20.6. The molecule has 0 spiro atoms. The fourth-order valence-corrected chi connectivity index (χ4v) is 3.38. The van der Waals surface area contributed by atoms with Crippen molar-refractivity contribution in [3.8, 4) is 11.4 Å². The van der Waals surface area contributed by atoms with Gasteiger partial charge in [-0.05, 0) is 25.3 Å². The molecule has 0 aromatic carbocycles. The summed E-state index contributed by atoms with van der Waals surface area (Å²) >= 11 is 0. The molecule has 1 fully saturated rings. The number of hydrogen-bond acceptors (Lipinski definition) is 8. The Hall–Kier alpha value is -3.70. The average molecular weight is 433 g/mol. The second-order valence-electron chi connectivity index (χ2n) is 6.91. The van der Waals surface area contributed by atoms with Gasteiger partial charge in [0.1, 0.15) is 0 Å². The smallest absolute Gasteiger partial charge is 0.387 e. The van der Waals surface area contributed by atoms with E-state index in [0.29, 0.717) is 12.4 Å². The topological polar surface area (TPSA) is 107 Å². The van der Waals surface area contributed by atoms with Crippen LogP contribution in [0.4, 0.5) is 24.9 Å². The molecule has 2 N–H and O–H groups in total. The molecule has 1 aliphatic carbocycles. The van der Waals surface area contributed by atoms with E-state index in [1.54, 1.807) is 0 Å². The van der Waals surface area contributed by atoms with Gasteiger partial charge in [-0.3, -0.25) is 4.79 Å². The molecular weight excluding hydrogens is 415 g/mol. The van der Waals surface area contributed by atoms with Crippen LogP contribution in [0.15, 0.2) is 47.8 Å². The van der Waals surface area contributed by atoms with Gasteiger partial charge in [0.2, 0.25) is 5.95 Å². The highest BCUT2D eigenvalue weighted by Crippen LogP contribution is 2.26. The highest BCUT2D eigenvalue weighted by atomic mass is 19.3. The third kappa shape index (κ3) is 5.08. The number of hydrogen-bond donors (Lipinski definition) is 2. The van der Waals surface area contributed by atoms with E-state index in [1.807, 2.05) is 0 Å². The molecule has 3 heterocycles. The lowest BCUT2D eigenvalue weighted by molar-refractivity contribution is -0.0503. The Morgan fingerprint density at radius 1 is 1.10 bits per heavy atom. The number of halogens is 3. The SMILES string of the molecule is O=c1cccnn1-c1cnc(N[C@H]2CC[C@H](Nc3ncc(OC(F)F)cn3)C2)c(F)c1. The molecule has 0 amide bonds. The average Bonchev–Trinajstić information content (AvgIpc) is 3.18. The fourth-order valence-electron chi connectivity index (χ4n) is 3.38. The molecule has 2 atom stereocenters. The van der Waals surface area contributed by atoms with Crippen LogP contribution in [0, 0.1) is 5.82 Å². The van der Waals surface area contributed by atoms with Gasteiger partial charge in [0, 0.05) is 30.4 Å². The normalized spacial score (nSPS) is 18.2. The largest absolute Gasteiger partial charge is 0.432 e. The molecule has 1 aliphatic rings. The summed E-state index contributed by atoms with van der Waals surface area (Å²) in [5.74, 6) is -0.334. The number of pyridine rings is 1. The van der Waals surface area contributed by atoms with E-state index < -0.39 is 12.4 Å². The van der Waals surface area contributed by atoms with Crippen LogP contribution in [0.3, 0.4) is 0 Å². The molecule has 12 heteroatoms. The number of anilines is 2. The van der Waals surface area contributed by atoms with Gasteiger partial charge >= 0.3 is 6.61 Å². The van der Waals surface area contributed by atoms with Crippen molar-refractivity contribution in [3.05, 3.63) is 59.2 Å². The van der Waals surface area contributed by atoms with Crippen molar-refractivity contribution in [1.82, 2.24) is 24.7 Å². The molecule has 3 aromatic heterocycles. The Morgan fingerprint density at radius 2 is 1.84 bits per heavy atom. The van der Waals surface area contributed by atoms with Crippen LogP contribution in [0.5, 0.6) is 5.75 Å². The summed E-state index contributed by atoms with van der Waals surface area (Å²) in [7, 11) is 0. The van der Waals surface area contributed by atoms with Crippen molar-refractivity contribution in [3.63, 3.8) is 0 Å². The monoisotopic (exact) mass is 433 g/mol. The summed E-state index contributed by atoms with van der Waals surface area (Å²) in [4.78, 5) is 23.8. The van der Waals surface area contributed by atoms with Gasteiger partial charge in [-0.25, -0.2) is 19.3 Å². The summed E-state index contributed by atoms with van der Waals surface area (Å²) in [6.07, 6.45) is 7.33. The standard InChI is InChI=1S/C19H18F3N7O2/c20-15-7-13(29-16(30)2-1-5-26-29)8-23-17(15)27-11-3-4-12(6-11)28-19-24-9-14(10-25-19)31-18(21)22/h1-2,5,7-12,18H,3-4,6H2,(H,23,27)(H,24,25,28)/t11-,12-/m0/s1. The quantitative estimate of drug-likeness (QED) is 0.586. The molecule has 9 nitrogen and oxygen atoms in total. The minimum atomic E-state index is -2.93. The van der Waals surface area contributed by atoms with Crippen LogP contribution < -0.4 is 20.9 Å². The van der Waals surface area contributed by atoms with Crippen LogP contribution in [0.25, 0.3) is 5.69 Å². The van der Waals surface area contributed by atoms with Crippen LogP contribution in [-0.2, 0) is 0 Å². The van der Waals surface area contributed by atoms with Crippen molar-refractivity contribution >= 4 is 11.8 Å². The predicted octanol–water partition coefficient (Wildman–Crippen LogP) is 2.60. The second kappa shape index (κ2) is 8.98. The molecule has 3 aromatic rings. The third-order valence-corrected chi connectivity index (χ3v) is 4.75. The molecule has 162 valence electrons. The molecule has 1 saturated carbocycles. The summed E-state index contributed by atoms with van der Waals surface area (Å²) < 4.78 is 44.2. The van der Waals surface area contributed by atoms with Crippen molar-refractivity contribution in [2.45, 2.75) is 38.0 Å². The van der Waals surface area contributed by atoms with Crippen LogP contribution in [0.1, 0.15) is 19.3 Å². The minimum Gasteiger partial charge on any atom is -0.432 e. The van der Waals surface area contributed by atoms with E-state index in [0.717, 1.165) is 17.5 Å². The maximum absolute atomic E-state index is 14.5. The van der Waals surface area contributed by atoms with Crippen molar-refractivity contribution in [1.29, 1.82) is 0 Å². The van der Waals surface area contributed by atoms with Gasteiger partial charge < -0.3 is 15.4 Å². The zero-order valence-corrected chi connectivity index (χ0v) is 16.1. The third-order valence-electron chi connectivity index (χ3n) is 4.75. The van der Waals surface area contributed by atoms with Crippen molar-refractivity contribution in [2.75, 3.05) is 10.6 Å². The van der Waals surface area contributed by atoms with E-state index in [9.17, 15) is 18.0 Å². The summed E-state index contributed by atoms with van der Waals surface area (Å²) in [6, 6.07) is 4.01. The number of ether oxygens (including phenoxy) is 1. The number of rotatable bonds is 7. The number of nitrogens with zero attached hydrogens (tertiary/aromatic N) is 5. The Balaban J connectivity index is 1.35. The summed E-state index contributed by atoms with van der Waals surface area (Å²) in [5, 5.41) is 10.1. The van der Waals surface area contributed by atoms with Gasteiger partial charge in [-0.2, -0.15) is 18.6 Å². The van der Waals surface area contributed by atoms with E-state index in [-0.39, 0.29) is 34.9 Å². The lowest BCUT2D eigenvalue weighted by Crippen LogP contribution is -2.23. The Bertz CT molecular complexity index is 1090. The van der Waals surface area contributed by atoms with Gasteiger partial charge in [0.05, 0.1) is 24.3 Å². The molecule has 0 radical (unpaired) electrons. The molecule has 0 unspecified atom stereocenters. The molecular formula is C19H18F3N7O2. The zero-order chi connectivity index (χ0) is 21.8. The Labute approximate surface area is 174 Å². The molecule has 0 saturated heterocycles. The highest BCUT2D eigenvalue weighted by molar-refractivity contribution is 5.43. The summed E-state index contributed by atoms with van der Waals surface area (Å²) in [6.45, 7) is -2.93. The van der Waals surface area contributed by atoms with Crippen molar-refractivity contribution < 1.29 is 17.9 Å². The van der Waals surface area contributed by atoms with Gasteiger partial charge in [0.25, 0.3) is 5.56 Å². The first-order valence-corrected chi connectivity index (χ1v) is 9.48. The highest BCUT2D eigenvalue weighted by Gasteiger charge is 2.26. The van der Waals surface area contributed by atoms with Crippen LogP contribution in [-0.4, -0.2) is 43.4 Å². The zero-order valence-electron chi connectivity index (χ0n) is 16.1. The lowest BCUT2D eigenvalue weighted by atomic mass is 10.2. The second-order valence-corrected chi connectivity index (χ2v) is 6.91. The fraction of sp³-hybridized carbons (Fsp3) is 0.316. The van der Waals surface area contributed by atoms with Crippen molar-refractivity contribution in [2.24, 2.45) is 0 Å². The van der Waals surface area contributed by atoms with Gasteiger partial charge in [-0.1, -0.05) is 0 Å². The molecule has 31 heavy (non-hydrogen) atoms. The van der Waals surface area contributed by atoms with Gasteiger partial charge in [-0.15, -0.1) is 0 Å². The van der Waals surface area contributed by atoms with E-state index >= 15 is 0 Å². The van der Waals surface area contributed by atoms with E-state index in [2.05, 4.69) is 35.4 Å². The molecule has 0 aliphatic heterocycles.